The Morgan fingerprint density at radius 2 is 2.22 bits per heavy atom. The second-order valence-electron chi connectivity index (χ2n) is 4.29. The molecule has 0 aliphatic heterocycles. The molecule has 0 amide bonds. The minimum absolute atomic E-state index is 0.843. The molecule has 0 unspecified atom stereocenters. The van der Waals surface area contributed by atoms with Crippen molar-refractivity contribution in [2.24, 2.45) is 0 Å². The van der Waals surface area contributed by atoms with Crippen LogP contribution >= 0.6 is 11.3 Å². The van der Waals surface area contributed by atoms with Crippen LogP contribution in [0, 0.1) is 0 Å². The summed E-state index contributed by atoms with van der Waals surface area (Å²) in [5.41, 5.74) is 5.37. The Morgan fingerprint density at radius 3 is 2.94 bits per heavy atom. The normalized spacial score (nSPS) is 11.1. The largest absolute Gasteiger partial charge is 0.316 e. The number of hydrogen-bond donors (Lipinski definition) is 1. The summed E-state index contributed by atoms with van der Waals surface area (Å²) in [4.78, 5) is 11.0. The van der Waals surface area contributed by atoms with E-state index in [1.165, 1.54) is 5.56 Å². The van der Waals surface area contributed by atoms with Crippen LogP contribution in [0.5, 0.6) is 0 Å². The van der Waals surface area contributed by atoms with Gasteiger partial charge < -0.3 is 5.32 Å². The number of rotatable bonds is 6. The summed E-state index contributed by atoms with van der Waals surface area (Å²) in [5.74, 6) is 0. The van der Waals surface area contributed by atoms with Gasteiger partial charge in [-0.15, -0.1) is 11.3 Å². The van der Waals surface area contributed by atoms with Crippen molar-refractivity contribution in [3.8, 4) is 0 Å². The molecule has 0 spiro atoms. The molecule has 0 aromatic carbocycles. The van der Waals surface area contributed by atoms with Gasteiger partial charge in [0.2, 0.25) is 0 Å². The maximum atomic E-state index is 4.47. The Labute approximate surface area is 112 Å². The third-order valence-corrected chi connectivity index (χ3v) is 3.32. The fourth-order valence-electron chi connectivity index (χ4n) is 1.87. The lowest BCUT2D eigenvalue weighted by molar-refractivity contribution is 0.310. The maximum absolute atomic E-state index is 4.47. The van der Waals surface area contributed by atoms with Gasteiger partial charge in [0.1, 0.15) is 0 Å². The number of aromatic nitrogens is 2. The predicted octanol–water partition coefficient (Wildman–Crippen LogP) is 1.89. The van der Waals surface area contributed by atoms with Crippen molar-refractivity contribution in [2.75, 3.05) is 14.1 Å². The van der Waals surface area contributed by atoms with Crippen LogP contribution in [0.2, 0.25) is 0 Å². The van der Waals surface area contributed by atoms with E-state index in [1.54, 1.807) is 11.3 Å². The molecule has 2 rings (SSSR count). The molecule has 1 N–H and O–H groups in total. The minimum atomic E-state index is 0.843. The van der Waals surface area contributed by atoms with Crippen LogP contribution in [0.25, 0.3) is 0 Å². The zero-order valence-corrected chi connectivity index (χ0v) is 11.6. The summed E-state index contributed by atoms with van der Waals surface area (Å²) in [5, 5.41) is 5.26. The number of hydrogen-bond acceptors (Lipinski definition) is 5. The van der Waals surface area contributed by atoms with Gasteiger partial charge >= 0.3 is 0 Å². The summed E-state index contributed by atoms with van der Waals surface area (Å²) in [6.45, 7) is 2.56. The van der Waals surface area contributed by atoms with E-state index in [0.29, 0.717) is 0 Å². The first-order valence-corrected chi connectivity index (χ1v) is 6.87. The van der Waals surface area contributed by atoms with Gasteiger partial charge in [0, 0.05) is 31.2 Å². The van der Waals surface area contributed by atoms with Crippen LogP contribution in [0.4, 0.5) is 0 Å². The lowest BCUT2D eigenvalue weighted by Crippen LogP contribution is -2.20. The molecule has 96 valence electrons. The highest BCUT2D eigenvalue weighted by atomic mass is 32.1. The first-order valence-electron chi connectivity index (χ1n) is 5.92. The molecule has 0 atom stereocenters. The molecule has 0 fully saturated rings. The van der Waals surface area contributed by atoms with E-state index in [2.05, 4.69) is 38.7 Å². The Balaban J connectivity index is 2.00. The first kappa shape index (κ1) is 13.1. The van der Waals surface area contributed by atoms with E-state index in [1.807, 2.05) is 24.8 Å². The fraction of sp³-hybridized carbons (Fsp3) is 0.385. The van der Waals surface area contributed by atoms with E-state index in [-0.39, 0.29) is 0 Å². The molecule has 5 heteroatoms. The van der Waals surface area contributed by atoms with Gasteiger partial charge in [0.25, 0.3) is 0 Å². The summed E-state index contributed by atoms with van der Waals surface area (Å²) in [6, 6.07) is 4.10. The quantitative estimate of drug-likeness (QED) is 0.863. The zero-order chi connectivity index (χ0) is 12.8. The first-order chi connectivity index (χ1) is 8.79. The van der Waals surface area contributed by atoms with Gasteiger partial charge in [0.15, 0.2) is 0 Å². The van der Waals surface area contributed by atoms with E-state index in [0.717, 1.165) is 31.0 Å². The number of nitrogens with zero attached hydrogens (tertiary/aromatic N) is 3. The van der Waals surface area contributed by atoms with Crippen molar-refractivity contribution in [3.63, 3.8) is 0 Å². The third kappa shape index (κ3) is 3.60. The monoisotopic (exact) mass is 262 g/mol. The lowest BCUT2D eigenvalue weighted by Gasteiger charge is -2.16. The van der Waals surface area contributed by atoms with Crippen molar-refractivity contribution in [3.05, 3.63) is 46.2 Å². The molecule has 2 heterocycles. The minimum Gasteiger partial charge on any atom is -0.316 e. The molecule has 0 saturated carbocycles. The van der Waals surface area contributed by atoms with Crippen molar-refractivity contribution < 1.29 is 0 Å². The highest BCUT2D eigenvalue weighted by molar-refractivity contribution is 7.07. The van der Waals surface area contributed by atoms with Gasteiger partial charge in [-0.1, -0.05) is 6.07 Å². The Kier molecular flexibility index (Phi) is 4.81. The molecule has 2 aromatic rings. The molecular weight excluding hydrogens is 244 g/mol. The molecule has 0 saturated heterocycles. The van der Waals surface area contributed by atoms with Crippen molar-refractivity contribution in [1.82, 2.24) is 20.2 Å². The predicted molar refractivity (Wildman–Crippen MR) is 74.3 cm³/mol. The molecule has 18 heavy (non-hydrogen) atoms. The van der Waals surface area contributed by atoms with Crippen LogP contribution in [-0.2, 0) is 19.6 Å². The molecule has 4 nitrogen and oxygen atoms in total. The van der Waals surface area contributed by atoms with Crippen LogP contribution in [0.3, 0.4) is 0 Å². The molecule has 0 aliphatic rings. The standard InChI is InChI=1S/C13H18N4S/c1-14-6-11-4-3-5-15-13(11)8-17(2)7-12-9-18-10-16-12/h3-5,9-10,14H,6-8H2,1-2H3. The van der Waals surface area contributed by atoms with E-state index < -0.39 is 0 Å². The Hall–Kier alpha value is -1.30. The van der Waals surface area contributed by atoms with Gasteiger partial charge in [-0.05, 0) is 25.7 Å². The Bertz CT molecular complexity index is 470. The summed E-state index contributed by atoms with van der Waals surface area (Å²) in [6.07, 6.45) is 1.85. The van der Waals surface area contributed by atoms with Crippen molar-refractivity contribution >= 4 is 11.3 Å². The third-order valence-electron chi connectivity index (χ3n) is 2.69. The smallest absolute Gasteiger partial charge is 0.0795 e. The molecule has 2 aromatic heterocycles. The average molecular weight is 262 g/mol. The summed E-state index contributed by atoms with van der Waals surface area (Å²) in [7, 11) is 4.05. The number of thiazole rings is 1. The molecular formula is C13H18N4S. The molecule has 0 radical (unpaired) electrons. The highest BCUT2D eigenvalue weighted by Crippen LogP contribution is 2.10. The van der Waals surface area contributed by atoms with Crippen LogP contribution in [-0.4, -0.2) is 29.0 Å². The van der Waals surface area contributed by atoms with E-state index in [4.69, 9.17) is 0 Å². The van der Waals surface area contributed by atoms with Crippen LogP contribution in [0.1, 0.15) is 17.0 Å². The zero-order valence-electron chi connectivity index (χ0n) is 10.8. The topological polar surface area (TPSA) is 41.1 Å². The number of pyridine rings is 1. The molecule has 0 bridgehead atoms. The van der Waals surface area contributed by atoms with E-state index >= 15 is 0 Å². The SMILES string of the molecule is CNCc1cccnc1CN(C)Cc1cscn1. The van der Waals surface area contributed by atoms with Gasteiger partial charge in [0.05, 0.1) is 16.9 Å². The van der Waals surface area contributed by atoms with Crippen LogP contribution < -0.4 is 5.32 Å². The summed E-state index contributed by atoms with van der Waals surface area (Å²) < 4.78 is 0. The van der Waals surface area contributed by atoms with Gasteiger partial charge in [-0.25, -0.2) is 4.98 Å². The number of nitrogens with one attached hydrogen (secondary N) is 1. The van der Waals surface area contributed by atoms with Crippen molar-refractivity contribution in [1.29, 1.82) is 0 Å². The second kappa shape index (κ2) is 6.58. The van der Waals surface area contributed by atoms with Crippen molar-refractivity contribution in [2.45, 2.75) is 19.6 Å². The van der Waals surface area contributed by atoms with Crippen LogP contribution in [0.15, 0.2) is 29.2 Å². The summed E-state index contributed by atoms with van der Waals surface area (Å²) >= 11 is 1.64. The maximum Gasteiger partial charge on any atom is 0.0795 e. The highest BCUT2D eigenvalue weighted by Gasteiger charge is 2.07. The Morgan fingerprint density at radius 1 is 1.33 bits per heavy atom. The average Bonchev–Trinajstić information content (AvgIpc) is 2.84. The van der Waals surface area contributed by atoms with Gasteiger partial charge in [-0.3, -0.25) is 9.88 Å². The fourth-order valence-corrected chi connectivity index (χ4v) is 2.42. The van der Waals surface area contributed by atoms with Gasteiger partial charge in [-0.2, -0.15) is 0 Å². The van der Waals surface area contributed by atoms with E-state index in [9.17, 15) is 0 Å². The second-order valence-corrected chi connectivity index (χ2v) is 5.01. The molecule has 0 aliphatic carbocycles. The lowest BCUT2D eigenvalue weighted by atomic mass is 10.2.